The molecule has 1 aromatic carbocycles. The van der Waals surface area contributed by atoms with Gasteiger partial charge in [-0.1, -0.05) is 31.2 Å². The molecule has 0 heterocycles. The number of rotatable bonds is 6. The molecule has 0 bridgehead atoms. The second kappa shape index (κ2) is 6.94. The average molecular weight is 239 g/mol. The van der Waals surface area contributed by atoms with Gasteiger partial charge in [0.25, 0.3) is 0 Å². The van der Waals surface area contributed by atoms with Crippen LogP contribution in [0.1, 0.15) is 23.3 Å². The highest BCUT2D eigenvalue weighted by molar-refractivity contribution is 7.99. The van der Waals surface area contributed by atoms with Gasteiger partial charge < -0.3 is 10.8 Å². The zero-order valence-electron chi connectivity index (χ0n) is 10.0. The molecule has 0 saturated carbocycles. The summed E-state index contributed by atoms with van der Waals surface area (Å²) < 4.78 is 0. The monoisotopic (exact) mass is 239 g/mol. The van der Waals surface area contributed by atoms with Crippen molar-refractivity contribution in [2.75, 3.05) is 18.9 Å². The summed E-state index contributed by atoms with van der Waals surface area (Å²) in [5.74, 6) is 1.29. The van der Waals surface area contributed by atoms with Crippen molar-refractivity contribution in [3.8, 4) is 0 Å². The van der Waals surface area contributed by atoms with Gasteiger partial charge >= 0.3 is 0 Å². The Morgan fingerprint density at radius 2 is 2.06 bits per heavy atom. The van der Waals surface area contributed by atoms with E-state index < -0.39 is 0 Å². The largest absolute Gasteiger partial charge is 0.396 e. The Hall–Kier alpha value is -0.510. The highest BCUT2D eigenvalue weighted by atomic mass is 32.2. The normalized spacial score (nSPS) is 14.8. The molecule has 3 N–H and O–H groups in total. The van der Waals surface area contributed by atoms with Gasteiger partial charge in [0.1, 0.15) is 0 Å². The van der Waals surface area contributed by atoms with Crippen molar-refractivity contribution < 1.29 is 5.11 Å². The number of aliphatic hydroxyl groups is 1. The summed E-state index contributed by atoms with van der Waals surface area (Å²) in [5, 5.41) is 9.34. The molecule has 0 aliphatic heterocycles. The van der Waals surface area contributed by atoms with E-state index >= 15 is 0 Å². The Bertz CT molecular complexity index is 317. The third-order valence-electron chi connectivity index (χ3n) is 2.64. The number of benzene rings is 1. The molecule has 3 heteroatoms. The Morgan fingerprint density at radius 1 is 1.38 bits per heavy atom. The van der Waals surface area contributed by atoms with Gasteiger partial charge in [0.2, 0.25) is 0 Å². The number of hydrogen-bond donors (Lipinski definition) is 2. The molecule has 0 radical (unpaired) electrons. The van der Waals surface area contributed by atoms with E-state index in [9.17, 15) is 0 Å². The first-order valence-corrected chi connectivity index (χ1v) is 6.72. The fourth-order valence-electron chi connectivity index (χ4n) is 1.57. The predicted octanol–water partition coefficient (Wildman–Crippen LogP) is 2.36. The molecule has 0 aromatic heterocycles. The van der Waals surface area contributed by atoms with Gasteiger partial charge in [-0.15, -0.1) is 0 Å². The lowest BCUT2D eigenvalue weighted by atomic mass is 10.1. The van der Waals surface area contributed by atoms with E-state index in [-0.39, 0.29) is 6.61 Å². The fraction of sp³-hybridized carbons (Fsp3) is 0.538. The number of aryl methyl sites for hydroxylation is 1. The molecule has 2 nitrogen and oxygen atoms in total. The highest BCUT2D eigenvalue weighted by Gasteiger charge is 2.13. The average Bonchev–Trinajstić information content (AvgIpc) is 2.31. The lowest BCUT2D eigenvalue weighted by Gasteiger charge is -2.18. The number of nitrogens with two attached hydrogens (primary N) is 1. The van der Waals surface area contributed by atoms with Gasteiger partial charge in [0, 0.05) is 18.4 Å². The van der Waals surface area contributed by atoms with Gasteiger partial charge in [-0.2, -0.15) is 11.8 Å². The molecule has 0 saturated heterocycles. The van der Waals surface area contributed by atoms with Crippen LogP contribution in [0.15, 0.2) is 24.3 Å². The summed E-state index contributed by atoms with van der Waals surface area (Å²) in [5.41, 5.74) is 8.43. The molecule has 90 valence electrons. The van der Waals surface area contributed by atoms with Crippen molar-refractivity contribution in [2.24, 2.45) is 11.7 Å². The van der Waals surface area contributed by atoms with Gasteiger partial charge in [0.05, 0.1) is 0 Å². The van der Waals surface area contributed by atoms with E-state index in [1.165, 1.54) is 11.1 Å². The SMILES string of the molecule is Cc1ccccc1C(CN)SCC(C)CO. The molecular weight excluding hydrogens is 218 g/mol. The molecule has 0 aliphatic carbocycles. The fourth-order valence-corrected chi connectivity index (χ4v) is 2.81. The summed E-state index contributed by atoms with van der Waals surface area (Å²) in [6, 6.07) is 8.37. The molecule has 16 heavy (non-hydrogen) atoms. The van der Waals surface area contributed by atoms with E-state index in [2.05, 4.69) is 32.0 Å². The minimum atomic E-state index is 0.248. The molecule has 0 fully saturated rings. The Morgan fingerprint density at radius 3 is 2.62 bits per heavy atom. The molecule has 0 amide bonds. The zero-order valence-corrected chi connectivity index (χ0v) is 10.8. The van der Waals surface area contributed by atoms with Crippen LogP contribution in [0.2, 0.25) is 0 Å². The van der Waals surface area contributed by atoms with Gasteiger partial charge in [-0.25, -0.2) is 0 Å². The van der Waals surface area contributed by atoms with Crippen molar-refractivity contribution >= 4 is 11.8 Å². The Labute approximate surface area is 102 Å². The smallest absolute Gasteiger partial charge is 0.0464 e. The lowest BCUT2D eigenvalue weighted by molar-refractivity contribution is 0.250. The number of thioether (sulfide) groups is 1. The van der Waals surface area contributed by atoms with E-state index in [0.29, 0.717) is 17.7 Å². The molecule has 0 spiro atoms. The third kappa shape index (κ3) is 3.81. The standard InChI is InChI=1S/C13H21NOS/c1-10(8-15)9-16-13(7-14)12-6-4-3-5-11(12)2/h3-6,10,13,15H,7-9,14H2,1-2H3. The molecule has 0 aliphatic rings. The number of hydrogen-bond acceptors (Lipinski definition) is 3. The number of aliphatic hydroxyl groups excluding tert-OH is 1. The Kier molecular flexibility index (Phi) is 5.88. The summed E-state index contributed by atoms with van der Waals surface area (Å²) >= 11 is 1.84. The first-order chi connectivity index (χ1) is 7.69. The second-order valence-electron chi connectivity index (χ2n) is 4.20. The highest BCUT2D eigenvalue weighted by Crippen LogP contribution is 2.31. The van der Waals surface area contributed by atoms with E-state index in [1.54, 1.807) is 0 Å². The van der Waals surface area contributed by atoms with Crippen molar-refractivity contribution in [1.82, 2.24) is 0 Å². The van der Waals surface area contributed by atoms with Crippen LogP contribution in [-0.2, 0) is 0 Å². The van der Waals surface area contributed by atoms with Gasteiger partial charge in [0.15, 0.2) is 0 Å². The Balaban J connectivity index is 2.64. The van der Waals surface area contributed by atoms with E-state index in [4.69, 9.17) is 10.8 Å². The van der Waals surface area contributed by atoms with Crippen LogP contribution in [0.5, 0.6) is 0 Å². The maximum Gasteiger partial charge on any atom is 0.0464 e. The van der Waals surface area contributed by atoms with Crippen LogP contribution >= 0.6 is 11.8 Å². The topological polar surface area (TPSA) is 46.2 Å². The second-order valence-corrected chi connectivity index (χ2v) is 5.44. The third-order valence-corrected chi connectivity index (χ3v) is 4.25. The maximum atomic E-state index is 9.00. The van der Waals surface area contributed by atoms with Crippen LogP contribution < -0.4 is 5.73 Å². The van der Waals surface area contributed by atoms with Crippen LogP contribution in [0.4, 0.5) is 0 Å². The lowest BCUT2D eigenvalue weighted by Crippen LogP contribution is -2.13. The van der Waals surface area contributed by atoms with Crippen LogP contribution in [0.3, 0.4) is 0 Å². The first-order valence-electron chi connectivity index (χ1n) is 5.67. The summed E-state index contributed by atoms with van der Waals surface area (Å²) in [6.45, 7) is 5.07. The van der Waals surface area contributed by atoms with E-state index in [1.807, 2.05) is 17.8 Å². The summed E-state index contributed by atoms with van der Waals surface area (Å²) in [6.07, 6.45) is 0. The zero-order chi connectivity index (χ0) is 12.0. The van der Waals surface area contributed by atoms with Crippen LogP contribution in [0.25, 0.3) is 0 Å². The minimum Gasteiger partial charge on any atom is -0.396 e. The van der Waals surface area contributed by atoms with E-state index in [0.717, 1.165) is 5.75 Å². The van der Waals surface area contributed by atoms with Crippen molar-refractivity contribution in [1.29, 1.82) is 0 Å². The minimum absolute atomic E-state index is 0.248. The molecule has 1 rings (SSSR count). The predicted molar refractivity (Wildman–Crippen MR) is 71.7 cm³/mol. The molecule has 1 aromatic rings. The quantitative estimate of drug-likeness (QED) is 0.801. The van der Waals surface area contributed by atoms with Gasteiger partial charge in [-0.05, 0) is 29.7 Å². The van der Waals surface area contributed by atoms with Gasteiger partial charge in [-0.3, -0.25) is 0 Å². The first kappa shape index (κ1) is 13.6. The molecular formula is C13H21NOS. The van der Waals surface area contributed by atoms with Crippen molar-refractivity contribution in [3.05, 3.63) is 35.4 Å². The van der Waals surface area contributed by atoms with Crippen molar-refractivity contribution in [2.45, 2.75) is 19.1 Å². The summed E-state index contributed by atoms with van der Waals surface area (Å²) in [7, 11) is 0. The summed E-state index contributed by atoms with van der Waals surface area (Å²) in [4.78, 5) is 0. The van der Waals surface area contributed by atoms with Crippen LogP contribution in [-0.4, -0.2) is 24.0 Å². The molecule has 2 atom stereocenters. The van der Waals surface area contributed by atoms with Crippen LogP contribution in [0, 0.1) is 12.8 Å². The maximum absolute atomic E-state index is 9.00. The van der Waals surface area contributed by atoms with Crippen molar-refractivity contribution in [3.63, 3.8) is 0 Å². The molecule has 2 unspecified atom stereocenters.